The molecule has 2 heterocycles. The Hall–Kier alpha value is -4.41. The van der Waals surface area contributed by atoms with Gasteiger partial charge in [0, 0.05) is 35.1 Å². The summed E-state index contributed by atoms with van der Waals surface area (Å²) in [5, 5.41) is 2.89. The highest BCUT2D eigenvalue weighted by Crippen LogP contribution is 2.33. The number of nitrogens with zero attached hydrogens (tertiary/aromatic N) is 3. The molecule has 0 amide bonds. The van der Waals surface area contributed by atoms with Gasteiger partial charge in [-0.25, -0.2) is 9.97 Å². The van der Waals surface area contributed by atoms with Crippen LogP contribution < -0.4 is 0 Å². The quantitative estimate of drug-likeness (QED) is 0.251. The van der Waals surface area contributed by atoms with Gasteiger partial charge in [-0.2, -0.15) is 12.6 Å². The van der Waals surface area contributed by atoms with Gasteiger partial charge in [0.1, 0.15) is 0 Å². The van der Waals surface area contributed by atoms with Gasteiger partial charge in [0.25, 0.3) is 0 Å². The largest absolute Gasteiger partial charge is 0.285 e. The third-order valence-corrected chi connectivity index (χ3v) is 6.48. The first-order valence-corrected chi connectivity index (χ1v) is 12.3. The van der Waals surface area contributed by atoms with Crippen molar-refractivity contribution >= 4 is 29.6 Å². The Balaban J connectivity index is 1.44. The van der Waals surface area contributed by atoms with Crippen molar-refractivity contribution in [1.82, 2.24) is 14.5 Å². The van der Waals surface area contributed by atoms with Crippen molar-refractivity contribution in [3.05, 3.63) is 133 Å². The lowest BCUT2D eigenvalue weighted by molar-refractivity contribution is 0.963. The molecule has 0 fully saturated rings. The van der Waals surface area contributed by atoms with Crippen LogP contribution in [-0.4, -0.2) is 14.5 Å². The van der Waals surface area contributed by atoms with Crippen LogP contribution in [0.2, 0.25) is 0 Å². The Morgan fingerprint density at radius 1 is 0.583 bits per heavy atom. The van der Waals surface area contributed by atoms with E-state index in [0.717, 1.165) is 38.7 Å². The first kappa shape index (κ1) is 22.1. The lowest BCUT2D eigenvalue weighted by Gasteiger charge is -2.11. The van der Waals surface area contributed by atoms with Crippen molar-refractivity contribution in [2.45, 2.75) is 0 Å². The number of hydrogen-bond donors (Lipinski definition) is 1. The zero-order valence-corrected chi connectivity index (χ0v) is 20.4. The Labute approximate surface area is 215 Å². The minimum absolute atomic E-state index is 0.635. The predicted molar refractivity (Wildman–Crippen MR) is 153 cm³/mol. The van der Waals surface area contributed by atoms with Gasteiger partial charge >= 0.3 is 0 Å². The van der Waals surface area contributed by atoms with Crippen LogP contribution in [0.4, 0.5) is 0 Å². The van der Waals surface area contributed by atoms with E-state index in [1.807, 2.05) is 47.3 Å². The summed E-state index contributed by atoms with van der Waals surface area (Å²) >= 11 is 4.26. The fraction of sp³-hybridized carbons (Fsp3) is 0. The highest BCUT2D eigenvalue weighted by Gasteiger charge is 2.12. The summed E-state index contributed by atoms with van der Waals surface area (Å²) in [6.07, 6.45) is 7.85. The topological polar surface area (TPSA) is 30.7 Å². The highest BCUT2D eigenvalue weighted by atomic mass is 32.1. The fourth-order valence-corrected chi connectivity index (χ4v) is 4.73. The van der Waals surface area contributed by atoms with Crippen molar-refractivity contribution in [3.8, 4) is 39.3 Å². The molecule has 36 heavy (non-hydrogen) atoms. The second kappa shape index (κ2) is 9.68. The number of benzene rings is 4. The van der Waals surface area contributed by atoms with E-state index < -0.39 is 0 Å². The van der Waals surface area contributed by atoms with Gasteiger partial charge in [-0.15, -0.1) is 0 Å². The molecule has 0 spiro atoms. The van der Waals surface area contributed by atoms with Gasteiger partial charge in [0.2, 0.25) is 5.95 Å². The molecular weight excluding hydrogens is 458 g/mol. The number of rotatable bonds is 5. The summed E-state index contributed by atoms with van der Waals surface area (Å²) in [5.41, 5.74) is 8.88. The molecule has 0 saturated heterocycles. The van der Waals surface area contributed by atoms with E-state index >= 15 is 0 Å². The molecule has 172 valence electrons. The third-order valence-electron chi connectivity index (χ3n) is 6.33. The molecule has 0 atom stereocenters. The first-order chi connectivity index (χ1) is 17.8. The van der Waals surface area contributed by atoms with Crippen LogP contribution in [0.3, 0.4) is 0 Å². The maximum Gasteiger partial charge on any atom is 0.234 e. The van der Waals surface area contributed by atoms with Crippen LogP contribution in [0.25, 0.3) is 56.3 Å². The minimum atomic E-state index is 0.635. The van der Waals surface area contributed by atoms with Crippen LogP contribution in [0.1, 0.15) is 5.56 Å². The second-order valence-corrected chi connectivity index (χ2v) is 8.89. The Kier molecular flexibility index (Phi) is 5.94. The summed E-state index contributed by atoms with van der Waals surface area (Å²) in [6, 6.07) is 35.8. The molecule has 4 aromatic carbocycles. The molecule has 0 aliphatic heterocycles. The van der Waals surface area contributed by atoms with E-state index in [9.17, 15) is 0 Å². The van der Waals surface area contributed by atoms with E-state index in [1.54, 1.807) is 5.41 Å². The zero-order valence-electron chi connectivity index (χ0n) is 19.5. The molecule has 0 aliphatic carbocycles. The monoisotopic (exact) mass is 481 g/mol. The minimum Gasteiger partial charge on any atom is -0.285 e. The number of fused-ring (bicyclic) bond motifs is 1. The number of thiol groups is 1. The molecule has 4 heteroatoms. The van der Waals surface area contributed by atoms with E-state index in [-0.39, 0.29) is 0 Å². The molecular formula is C32H23N3S. The molecule has 0 aliphatic rings. The molecule has 0 saturated carbocycles. The van der Waals surface area contributed by atoms with Gasteiger partial charge in [-0.05, 0) is 63.6 Å². The highest BCUT2D eigenvalue weighted by molar-refractivity contribution is 7.83. The average Bonchev–Trinajstić information content (AvgIpc) is 3.32. The Morgan fingerprint density at radius 3 is 1.69 bits per heavy atom. The van der Waals surface area contributed by atoms with Crippen molar-refractivity contribution in [2.75, 3.05) is 0 Å². The van der Waals surface area contributed by atoms with Gasteiger partial charge in [-0.1, -0.05) is 78.9 Å². The van der Waals surface area contributed by atoms with Crippen LogP contribution in [-0.2, 0) is 0 Å². The Bertz CT molecular complexity index is 1610. The van der Waals surface area contributed by atoms with Crippen LogP contribution in [0.5, 0.6) is 0 Å². The van der Waals surface area contributed by atoms with Gasteiger partial charge in [0.05, 0.1) is 5.52 Å². The summed E-state index contributed by atoms with van der Waals surface area (Å²) in [4.78, 5) is 9.52. The zero-order chi connectivity index (χ0) is 24.3. The number of hydrogen-bond acceptors (Lipinski definition) is 3. The Morgan fingerprint density at radius 2 is 1.11 bits per heavy atom. The SMILES string of the molecule is S/C=C\c1cn(-c2ncc(-c3cc(-c4ccccc4)cc(-c4ccccc4)c3)cn2)c2ccccc12. The van der Waals surface area contributed by atoms with Gasteiger partial charge in [0.15, 0.2) is 0 Å². The van der Waals surface area contributed by atoms with E-state index in [4.69, 9.17) is 9.97 Å². The molecule has 0 N–H and O–H groups in total. The van der Waals surface area contributed by atoms with Crippen LogP contribution in [0.15, 0.2) is 127 Å². The molecule has 6 rings (SSSR count). The third kappa shape index (κ3) is 4.23. The molecule has 6 aromatic rings. The van der Waals surface area contributed by atoms with Gasteiger partial charge < -0.3 is 0 Å². The van der Waals surface area contributed by atoms with Crippen molar-refractivity contribution in [3.63, 3.8) is 0 Å². The predicted octanol–water partition coefficient (Wildman–Crippen LogP) is 8.32. The van der Waals surface area contributed by atoms with E-state index in [1.165, 1.54) is 11.1 Å². The van der Waals surface area contributed by atoms with Crippen LogP contribution >= 0.6 is 12.6 Å². The standard InChI is InChI=1S/C32H23N3S/c36-16-15-25-22-35(31-14-8-7-13-30(25)31)32-33-20-29(21-34-32)28-18-26(23-9-3-1-4-10-23)17-27(19-28)24-11-5-2-6-12-24/h1-22,36H/b16-15-. The summed E-state index contributed by atoms with van der Waals surface area (Å²) < 4.78 is 2.03. The fourth-order valence-electron chi connectivity index (χ4n) is 4.57. The lowest BCUT2D eigenvalue weighted by Crippen LogP contribution is -1.99. The normalized spacial score (nSPS) is 11.4. The maximum absolute atomic E-state index is 4.76. The lowest BCUT2D eigenvalue weighted by atomic mass is 9.94. The number of para-hydroxylation sites is 1. The molecule has 0 bridgehead atoms. The molecule has 2 aromatic heterocycles. The molecule has 0 unspecified atom stereocenters. The number of aromatic nitrogens is 3. The molecule has 0 radical (unpaired) electrons. The average molecular weight is 482 g/mol. The summed E-state index contributed by atoms with van der Waals surface area (Å²) in [5.74, 6) is 0.635. The first-order valence-electron chi connectivity index (χ1n) is 11.8. The van der Waals surface area contributed by atoms with Crippen molar-refractivity contribution < 1.29 is 0 Å². The van der Waals surface area contributed by atoms with Crippen LogP contribution in [0, 0.1) is 0 Å². The van der Waals surface area contributed by atoms with Crippen molar-refractivity contribution in [1.29, 1.82) is 0 Å². The summed E-state index contributed by atoms with van der Waals surface area (Å²) in [6.45, 7) is 0. The van der Waals surface area contributed by atoms with E-state index in [2.05, 4.69) is 97.7 Å². The van der Waals surface area contributed by atoms with Crippen molar-refractivity contribution in [2.24, 2.45) is 0 Å². The second-order valence-electron chi connectivity index (χ2n) is 8.59. The smallest absolute Gasteiger partial charge is 0.234 e. The summed E-state index contributed by atoms with van der Waals surface area (Å²) in [7, 11) is 0. The van der Waals surface area contributed by atoms with Gasteiger partial charge in [-0.3, -0.25) is 4.57 Å². The maximum atomic E-state index is 4.76. The molecule has 3 nitrogen and oxygen atoms in total. The van der Waals surface area contributed by atoms with E-state index in [0.29, 0.717) is 5.95 Å².